The Bertz CT molecular complexity index is 996. The summed E-state index contributed by atoms with van der Waals surface area (Å²) in [4.78, 5) is 9.56. The lowest BCUT2D eigenvalue weighted by molar-refractivity contribution is -0.144. The van der Waals surface area contributed by atoms with Crippen LogP contribution in [-0.2, 0) is 23.6 Å². The number of aryl methyl sites for hydroxylation is 2. The lowest BCUT2D eigenvalue weighted by atomic mass is 9.97. The molecule has 144 valence electrons. The summed E-state index contributed by atoms with van der Waals surface area (Å²) in [6.45, 7) is 5.00. The highest BCUT2D eigenvalue weighted by atomic mass is 19.4. The Morgan fingerprint density at radius 2 is 2.04 bits per heavy atom. The molecule has 1 aliphatic rings. The molecule has 27 heavy (non-hydrogen) atoms. The Morgan fingerprint density at radius 1 is 1.26 bits per heavy atom. The molecule has 1 aliphatic heterocycles. The van der Waals surface area contributed by atoms with Gasteiger partial charge in [-0.2, -0.15) is 27.8 Å². The molecule has 4 rings (SSSR count). The number of rotatable bonds is 2. The molecule has 3 aromatic heterocycles. The van der Waals surface area contributed by atoms with E-state index < -0.39 is 17.6 Å². The topological polar surface area (TPSA) is 73.4 Å². The number of alkyl halides is 3. The molecule has 1 atom stereocenters. The van der Waals surface area contributed by atoms with Gasteiger partial charge in [0.2, 0.25) is 0 Å². The molecule has 0 radical (unpaired) electrons. The van der Waals surface area contributed by atoms with Gasteiger partial charge in [0.1, 0.15) is 11.4 Å². The summed E-state index contributed by atoms with van der Waals surface area (Å²) < 4.78 is 47.9. The number of morpholine rings is 1. The van der Waals surface area contributed by atoms with Crippen LogP contribution in [0.3, 0.4) is 0 Å². The number of ether oxygens (including phenoxy) is 1. The van der Waals surface area contributed by atoms with Crippen LogP contribution in [0.4, 0.5) is 19.0 Å². The molecule has 1 fully saturated rings. The van der Waals surface area contributed by atoms with Crippen LogP contribution in [0.2, 0.25) is 0 Å². The van der Waals surface area contributed by atoms with E-state index in [0.29, 0.717) is 31.2 Å². The van der Waals surface area contributed by atoms with Crippen LogP contribution in [0, 0.1) is 6.92 Å². The van der Waals surface area contributed by atoms with Crippen molar-refractivity contribution < 1.29 is 17.9 Å². The molecular weight excluding hydrogens is 363 g/mol. The fraction of sp³-hybridized carbons (Fsp3) is 0.500. The van der Waals surface area contributed by atoms with Gasteiger partial charge in [0.15, 0.2) is 0 Å². The predicted octanol–water partition coefficient (Wildman–Crippen LogP) is 1.94. The molecule has 0 amide bonds. The standard InChI is InChI=1S/C16H18F3N7O/c1-10-6-12(26-14(21-10)22-13(23-26)16(17,18)19)25-4-5-27-15(2,9-25)11-7-20-24(3)8-11/h6-8H,4-5,9H2,1-3H3. The molecule has 1 unspecified atom stereocenters. The first-order valence-corrected chi connectivity index (χ1v) is 8.35. The minimum Gasteiger partial charge on any atom is -0.367 e. The third-order valence-corrected chi connectivity index (χ3v) is 4.59. The monoisotopic (exact) mass is 381 g/mol. The number of hydrogen-bond donors (Lipinski definition) is 0. The van der Waals surface area contributed by atoms with E-state index in [1.807, 2.05) is 25.1 Å². The number of anilines is 1. The van der Waals surface area contributed by atoms with E-state index in [0.717, 1.165) is 10.1 Å². The van der Waals surface area contributed by atoms with E-state index in [-0.39, 0.29) is 5.78 Å². The van der Waals surface area contributed by atoms with Crippen LogP contribution in [0.25, 0.3) is 5.78 Å². The van der Waals surface area contributed by atoms with Crippen molar-refractivity contribution in [2.45, 2.75) is 25.6 Å². The molecule has 3 aromatic rings. The maximum atomic E-state index is 13.0. The summed E-state index contributed by atoms with van der Waals surface area (Å²) in [6, 6.07) is 1.71. The van der Waals surface area contributed by atoms with Crippen molar-refractivity contribution in [2.75, 3.05) is 24.6 Å². The maximum absolute atomic E-state index is 13.0. The molecule has 0 aliphatic carbocycles. The number of aromatic nitrogens is 6. The van der Waals surface area contributed by atoms with E-state index >= 15 is 0 Å². The van der Waals surface area contributed by atoms with Crippen LogP contribution in [-0.4, -0.2) is 49.1 Å². The van der Waals surface area contributed by atoms with E-state index in [9.17, 15) is 13.2 Å². The highest BCUT2D eigenvalue weighted by Gasteiger charge is 2.39. The third-order valence-electron chi connectivity index (χ3n) is 4.59. The van der Waals surface area contributed by atoms with Crippen LogP contribution >= 0.6 is 0 Å². The van der Waals surface area contributed by atoms with Crippen molar-refractivity contribution in [2.24, 2.45) is 7.05 Å². The van der Waals surface area contributed by atoms with Crippen molar-refractivity contribution >= 4 is 11.6 Å². The van der Waals surface area contributed by atoms with Crippen LogP contribution in [0.5, 0.6) is 0 Å². The molecule has 11 heteroatoms. The SMILES string of the molecule is Cc1cc(N2CCOC(C)(c3cnn(C)c3)C2)n2nc(C(F)(F)F)nc2n1. The van der Waals surface area contributed by atoms with Gasteiger partial charge in [-0.15, -0.1) is 5.10 Å². The number of fused-ring (bicyclic) bond motifs is 1. The molecule has 8 nitrogen and oxygen atoms in total. The minimum absolute atomic E-state index is 0.0769. The van der Waals surface area contributed by atoms with Crippen molar-refractivity contribution in [3.8, 4) is 0 Å². The summed E-state index contributed by atoms with van der Waals surface area (Å²) >= 11 is 0. The second-order valence-electron chi connectivity index (χ2n) is 6.80. The second-order valence-corrected chi connectivity index (χ2v) is 6.80. The first-order chi connectivity index (χ1) is 12.7. The molecule has 0 bridgehead atoms. The first kappa shape index (κ1) is 17.7. The van der Waals surface area contributed by atoms with Crippen molar-refractivity contribution in [3.05, 3.63) is 35.5 Å². The summed E-state index contributed by atoms with van der Waals surface area (Å²) in [5, 5.41) is 7.83. The highest BCUT2D eigenvalue weighted by molar-refractivity contribution is 5.49. The zero-order chi connectivity index (χ0) is 19.4. The average Bonchev–Trinajstić information content (AvgIpc) is 3.20. The van der Waals surface area contributed by atoms with Gasteiger partial charge >= 0.3 is 6.18 Å². The zero-order valence-electron chi connectivity index (χ0n) is 15.0. The van der Waals surface area contributed by atoms with Gasteiger partial charge in [-0.05, 0) is 13.8 Å². The van der Waals surface area contributed by atoms with E-state index in [2.05, 4.69) is 20.2 Å². The summed E-state index contributed by atoms with van der Waals surface area (Å²) in [5.74, 6) is -0.782. The number of hydrogen-bond acceptors (Lipinski definition) is 6. The Hall–Kier alpha value is -2.69. The Balaban J connectivity index is 1.76. The van der Waals surface area contributed by atoms with E-state index in [4.69, 9.17) is 4.74 Å². The Kier molecular flexibility index (Phi) is 3.88. The van der Waals surface area contributed by atoms with E-state index in [1.54, 1.807) is 23.9 Å². The van der Waals surface area contributed by atoms with Gasteiger partial charge in [-0.1, -0.05) is 0 Å². The molecule has 0 aromatic carbocycles. The largest absolute Gasteiger partial charge is 0.453 e. The molecule has 1 saturated heterocycles. The lowest BCUT2D eigenvalue weighted by Crippen LogP contribution is -2.48. The van der Waals surface area contributed by atoms with Crippen molar-refractivity contribution in [3.63, 3.8) is 0 Å². The average molecular weight is 381 g/mol. The van der Waals surface area contributed by atoms with Crippen LogP contribution in [0.15, 0.2) is 18.5 Å². The predicted molar refractivity (Wildman–Crippen MR) is 89.2 cm³/mol. The van der Waals surface area contributed by atoms with Gasteiger partial charge in [-0.3, -0.25) is 4.68 Å². The normalized spacial score (nSPS) is 21.2. The fourth-order valence-corrected chi connectivity index (χ4v) is 3.25. The fourth-order valence-electron chi connectivity index (χ4n) is 3.25. The summed E-state index contributed by atoms with van der Waals surface area (Å²) in [7, 11) is 1.82. The quantitative estimate of drug-likeness (QED) is 0.676. The molecular formula is C16H18F3N7O. The number of nitrogens with zero attached hydrogens (tertiary/aromatic N) is 7. The summed E-state index contributed by atoms with van der Waals surface area (Å²) in [5.41, 5.74) is 0.809. The number of halogens is 3. The van der Waals surface area contributed by atoms with Gasteiger partial charge in [0.05, 0.1) is 19.3 Å². The van der Waals surface area contributed by atoms with Gasteiger partial charge in [0.25, 0.3) is 11.6 Å². The van der Waals surface area contributed by atoms with Crippen LogP contribution < -0.4 is 4.90 Å². The Labute approximate surface area is 152 Å². The molecule has 4 heterocycles. The zero-order valence-corrected chi connectivity index (χ0v) is 15.0. The summed E-state index contributed by atoms with van der Waals surface area (Å²) in [6.07, 6.45) is -1.03. The van der Waals surface area contributed by atoms with Crippen LogP contribution in [0.1, 0.15) is 24.0 Å². The lowest BCUT2D eigenvalue weighted by Gasteiger charge is -2.41. The smallest absolute Gasteiger partial charge is 0.367 e. The van der Waals surface area contributed by atoms with E-state index in [1.165, 1.54) is 0 Å². The van der Waals surface area contributed by atoms with Gasteiger partial charge in [0, 0.05) is 37.1 Å². The molecule has 0 N–H and O–H groups in total. The van der Waals surface area contributed by atoms with Gasteiger partial charge in [-0.25, -0.2) is 4.98 Å². The van der Waals surface area contributed by atoms with Crippen molar-refractivity contribution in [1.29, 1.82) is 0 Å². The van der Waals surface area contributed by atoms with Gasteiger partial charge < -0.3 is 9.64 Å². The highest BCUT2D eigenvalue weighted by Crippen LogP contribution is 2.32. The maximum Gasteiger partial charge on any atom is 0.453 e. The Morgan fingerprint density at radius 3 is 2.70 bits per heavy atom. The molecule has 0 spiro atoms. The molecule has 0 saturated carbocycles. The first-order valence-electron chi connectivity index (χ1n) is 8.35. The third kappa shape index (κ3) is 3.11. The second kappa shape index (κ2) is 5.91. The van der Waals surface area contributed by atoms with Crippen molar-refractivity contribution in [1.82, 2.24) is 29.4 Å². The minimum atomic E-state index is -4.63.